The Morgan fingerprint density at radius 2 is 2.19 bits per heavy atom. The minimum atomic E-state index is 0. The smallest absolute Gasteiger partial charge is 0.193 e. The predicted octanol–water partition coefficient (Wildman–Crippen LogP) is 3.57. The SMILES string of the molecule is CCNC(=NCCc1c(C)[nH]c2ccccc12)N1CCC(COC)C1.I. The van der Waals surface area contributed by atoms with Crippen LogP contribution in [0, 0.1) is 12.8 Å². The van der Waals surface area contributed by atoms with E-state index in [4.69, 9.17) is 9.73 Å². The molecule has 1 aromatic carbocycles. The van der Waals surface area contributed by atoms with Crippen molar-refractivity contribution in [2.45, 2.75) is 26.7 Å². The quantitative estimate of drug-likeness (QED) is 0.386. The normalized spacial score (nSPS) is 17.6. The largest absolute Gasteiger partial charge is 0.384 e. The molecule has 1 aliphatic heterocycles. The van der Waals surface area contributed by atoms with Crippen molar-refractivity contribution in [3.8, 4) is 0 Å². The van der Waals surface area contributed by atoms with Crippen LogP contribution >= 0.6 is 24.0 Å². The average Bonchev–Trinajstić information content (AvgIpc) is 3.19. The van der Waals surface area contributed by atoms with Crippen LogP contribution < -0.4 is 5.32 Å². The first-order valence-electron chi connectivity index (χ1n) is 9.31. The van der Waals surface area contributed by atoms with Crippen LogP contribution in [0.3, 0.4) is 0 Å². The van der Waals surface area contributed by atoms with Gasteiger partial charge in [-0.25, -0.2) is 0 Å². The number of hydrogen-bond donors (Lipinski definition) is 2. The fourth-order valence-electron chi connectivity index (χ4n) is 3.75. The molecule has 1 aliphatic rings. The van der Waals surface area contributed by atoms with E-state index < -0.39 is 0 Å². The second-order valence-corrected chi connectivity index (χ2v) is 6.82. The highest BCUT2D eigenvalue weighted by Gasteiger charge is 2.24. The number of benzene rings is 1. The van der Waals surface area contributed by atoms with Crippen LogP contribution in [-0.4, -0.2) is 55.7 Å². The summed E-state index contributed by atoms with van der Waals surface area (Å²) < 4.78 is 5.31. The van der Waals surface area contributed by atoms with Gasteiger partial charge in [-0.05, 0) is 38.3 Å². The van der Waals surface area contributed by atoms with Gasteiger partial charge >= 0.3 is 0 Å². The van der Waals surface area contributed by atoms with E-state index in [1.165, 1.54) is 28.6 Å². The highest BCUT2D eigenvalue weighted by atomic mass is 127. The number of guanidine groups is 1. The third-order valence-electron chi connectivity index (χ3n) is 4.97. The molecule has 2 aromatic rings. The summed E-state index contributed by atoms with van der Waals surface area (Å²) in [6.45, 7) is 8.91. The Hall–Kier alpha value is -1.28. The molecule has 0 aliphatic carbocycles. The first-order chi connectivity index (χ1) is 12.2. The van der Waals surface area contributed by atoms with Crippen LogP contribution in [0.4, 0.5) is 0 Å². The van der Waals surface area contributed by atoms with E-state index in [0.29, 0.717) is 5.92 Å². The molecule has 1 fully saturated rings. The number of aryl methyl sites for hydroxylation is 1. The van der Waals surface area contributed by atoms with Crippen molar-refractivity contribution >= 4 is 40.8 Å². The molecule has 26 heavy (non-hydrogen) atoms. The van der Waals surface area contributed by atoms with Crippen LogP contribution in [-0.2, 0) is 11.2 Å². The Kier molecular flexibility index (Phi) is 8.21. The number of aromatic nitrogens is 1. The van der Waals surface area contributed by atoms with Gasteiger partial charge in [-0.15, -0.1) is 24.0 Å². The third kappa shape index (κ3) is 4.91. The number of nitrogens with one attached hydrogen (secondary N) is 2. The highest BCUT2D eigenvalue weighted by Crippen LogP contribution is 2.22. The third-order valence-corrected chi connectivity index (χ3v) is 4.97. The second kappa shape index (κ2) is 10.2. The number of nitrogens with zero attached hydrogens (tertiary/aromatic N) is 2. The van der Waals surface area contributed by atoms with Gasteiger partial charge < -0.3 is 19.9 Å². The zero-order valence-corrected chi connectivity index (χ0v) is 18.4. The molecule has 0 spiro atoms. The number of ether oxygens (including phenoxy) is 1. The molecule has 3 rings (SSSR count). The van der Waals surface area contributed by atoms with Crippen LogP contribution in [0.25, 0.3) is 10.9 Å². The van der Waals surface area contributed by atoms with E-state index in [9.17, 15) is 0 Å². The monoisotopic (exact) mass is 470 g/mol. The van der Waals surface area contributed by atoms with Gasteiger partial charge in [0.1, 0.15) is 0 Å². The van der Waals surface area contributed by atoms with E-state index in [1.807, 2.05) is 0 Å². The van der Waals surface area contributed by atoms with Crippen molar-refractivity contribution in [2.24, 2.45) is 10.9 Å². The fraction of sp³-hybridized carbons (Fsp3) is 0.550. The summed E-state index contributed by atoms with van der Waals surface area (Å²) in [4.78, 5) is 10.7. The number of fused-ring (bicyclic) bond motifs is 1. The maximum Gasteiger partial charge on any atom is 0.193 e. The minimum absolute atomic E-state index is 0. The number of H-pyrrole nitrogens is 1. The Morgan fingerprint density at radius 3 is 2.96 bits per heavy atom. The maximum atomic E-state index is 5.31. The van der Waals surface area contributed by atoms with E-state index in [1.54, 1.807) is 7.11 Å². The first-order valence-corrected chi connectivity index (χ1v) is 9.31. The lowest BCUT2D eigenvalue weighted by molar-refractivity contribution is 0.157. The highest BCUT2D eigenvalue weighted by molar-refractivity contribution is 14.0. The number of rotatable bonds is 6. The number of halogens is 1. The second-order valence-electron chi connectivity index (χ2n) is 6.82. The molecule has 1 saturated heterocycles. The predicted molar refractivity (Wildman–Crippen MR) is 120 cm³/mol. The lowest BCUT2D eigenvalue weighted by Crippen LogP contribution is -2.40. The Balaban J connectivity index is 0.00000243. The van der Waals surface area contributed by atoms with Crippen LogP contribution in [0.1, 0.15) is 24.6 Å². The van der Waals surface area contributed by atoms with Crippen LogP contribution in [0.15, 0.2) is 29.3 Å². The van der Waals surface area contributed by atoms with Gasteiger partial charge in [0.05, 0.1) is 6.61 Å². The molecule has 1 unspecified atom stereocenters. The van der Waals surface area contributed by atoms with Gasteiger partial charge in [0.15, 0.2) is 5.96 Å². The summed E-state index contributed by atoms with van der Waals surface area (Å²) in [5.74, 6) is 1.66. The molecule has 2 heterocycles. The standard InChI is InChI=1S/C20H30N4O.HI/c1-4-21-20(24-12-10-16(13-24)14-25-3)22-11-9-17-15(2)23-19-8-6-5-7-18(17)19;/h5-8,16,23H,4,9-14H2,1-3H3,(H,21,22);1H. The van der Waals surface area contributed by atoms with E-state index in [2.05, 4.69) is 53.3 Å². The zero-order chi connectivity index (χ0) is 17.6. The topological polar surface area (TPSA) is 52.7 Å². The van der Waals surface area contributed by atoms with Crippen molar-refractivity contribution in [2.75, 3.05) is 39.9 Å². The number of aliphatic imine (C=N–C) groups is 1. The summed E-state index contributed by atoms with van der Waals surface area (Å²) in [5.41, 5.74) is 3.85. The van der Waals surface area contributed by atoms with E-state index in [-0.39, 0.29) is 24.0 Å². The number of methoxy groups -OCH3 is 1. The first kappa shape index (κ1) is 21.0. The minimum Gasteiger partial charge on any atom is -0.384 e. The molecule has 6 heteroatoms. The molecule has 0 amide bonds. The summed E-state index contributed by atoms with van der Waals surface area (Å²) in [5, 5.41) is 4.77. The lowest BCUT2D eigenvalue weighted by Gasteiger charge is -2.21. The zero-order valence-electron chi connectivity index (χ0n) is 16.0. The summed E-state index contributed by atoms with van der Waals surface area (Å²) in [7, 11) is 1.78. The van der Waals surface area contributed by atoms with Crippen molar-refractivity contribution in [3.63, 3.8) is 0 Å². The number of hydrogen-bond acceptors (Lipinski definition) is 2. The lowest BCUT2D eigenvalue weighted by atomic mass is 10.1. The summed E-state index contributed by atoms with van der Waals surface area (Å²) in [6.07, 6.45) is 2.14. The van der Waals surface area contributed by atoms with E-state index in [0.717, 1.165) is 45.2 Å². The Morgan fingerprint density at radius 1 is 1.38 bits per heavy atom. The van der Waals surface area contributed by atoms with Crippen LogP contribution in [0.5, 0.6) is 0 Å². The Labute approximate surface area is 173 Å². The van der Waals surface area contributed by atoms with Gasteiger partial charge in [0.2, 0.25) is 0 Å². The summed E-state index contributed by atoms with van der Waals surface area (Å²) in [6, 6.07) is 8.51. The molecule has 0 saturated carbocycles. The van der Waals surface area contributed by atoms with Crippen molar-refractivity contribution in [1.82, 2.24) is 15.2 Å². The molecule has 144 valence electrons. The Bertz CT molecular complexity index is 728. The number of aromatic amines is 1. The average molecular weight is 470 g/mol. The van der Waals surface area contributed by atoms with Gasteiger partial charge in [-0.3, -0.25) is 4.99 Å². The molecular weight excluding hydrogens is 439 g/mol. The molecule has 1 atom stereocenters. The van der Waals surface area contributed by atoms with E-state index >= 15 is 0 Å². The van der Waals surface area contributed by atoms with Crippen molar-refractivity contribution in [1.29, 1.82) is 0 Å². The number of para-hydroxylation sites is 1. The maximum absolute atomic E-state index is 5.31. The van der Waals surface area contributed by atoms with Crippen molar-refractivity contribution < 1.29 is 4.74 Å². The number of likely N-dealkylation sites (tertiary alicyclic amines) is 1. The van der Waals surface area contributed by atoms with Gasteiger partial charge in [0, 0.05) is 55.8 Å². The van der Waals surface area contributed by atoms with Gasteiger partial charge in [-0.1, -0.05) is 18.2 Å². The molecule has 0 bridgehead atoms. The molecule has 2 N–H and O–H groups in total. The fourth-order valence-corrected chi connectivity index (χ4v) is 3.75. The van der Waals surface area contributed by atoms with Gasteiger partial charge in [-0.2, -0.15) is 0 Å². The molecule has 5 nitrogen and oxygen atoms in total. The van der Waals surface area contributed by atoms with Crippen LogP contribution in [0.2, 0.25) is 0 Å². The molecule has 1 aromatic heterocycles. The molecular formula is C20H31IN4O. The van der Waals surface area contributed by atoms with Crippen molar-refractivity contribution in [3.05, 3.63) is 35.5 Å². The molecule has 0 radical (unpaired) electrons. The van der Waals surface area contributed by atoms with Gasteiger partial charge in [0.25, 0.3) is 0 Å². The summed E-state index contributed by atoms with van der Waals surface area (Å²) >= 11 is 0.